The van der Waals surface area contributed by atoms with Crippen molar-refractivity contribution in [3.8, 4) is 0 Å². The molecular weight excluding hydrogens is 240 g/mol. The summed E-state index contributed by atoms with van der Waals surface area (Å²) in [6, 6.07) is 15.2. The maximum Gasteiger partial charge on any atom is 0.0404 e. The normalized spacial score (nSPS) is 18.3. The van der Waals surface area contributed by atoms with Crippen molar-refractivity contribution in [2.24, 2.45) is 5.92 Å². The van der Waals surface area contributed by atoms with Crippen molar-refractivity contribution in [3.05, 3.63) is 48.0 Å². The van der Waals surface area contributed by atoms with Crippen molar-refractivity contribution in [1.29, 1.82) is 0 Å². The molecule has 0 bridgehead atoms. The summed E-state index contributed by atoms with van der Waals surface area (Å²) < 4.78 is 0. The fourth-order valence-corrected chi connectivity index (χ4v) is 3.58. The Balaban J connectivity index is 1.85. The van der Waals surface area contributed by atoms with E-state index in [-0.39, 0.29) is 0 Å². The van der Waals surface area contributed by atoms with Crippen LogP contribution in [0.5, 0.6) is 0 Å². The van der Waals surface area contributed by atoms with Gasteiger partial charge in [-0.1, -0.05) is 55.3 Å². The lowest BCUT2D eigenvalue weighted by atomic mass is 9.94. The lowest BCUT2D eigenvalue weighted by Gasteiger charge is -2.17. The van der Waals surface area contributed by atoms with E-state index in [4.69, 9.17) is 11.6 Å². The highest BCUT2D eigenvalue weighted by atomic mass is 35.5. The van der Waals surface area contributed by atoms with Crippen LogP contribution in [-0.4, -0.2) is 5.38 Å². The molecule has 1 aliphatic carbocycles. The van der Waals surface area contributed by atoms with Crippen LogP contribution in [-0.2, 0) is 6.42 Å². The summed E-state index contributed by atoms with van der Waals surface area (Å²) in [7, 11) is 0. The Morgan fingerprint density at radius 2 is 1.72 bits per heavy atom. The first-order chi connectivity index (χ1) is 8.84. The Kier molecular flexibility index (Phi) is 3.56. The first-order valence-corrected chi connectivity index (χ1v) is 7.39. The molecule has 0 heterocycles. The van der Waals surface area contributed by atoms with Crippen molar-refractivity contribution in [2.45, 2.75) is 37.5 Å². The van der Waals surface area contributed by atoms with Crippen molar-refractivity contribution in [3.63, 3.8) is 0 Å². The molecule has 94 valence electrons. The van der Waals surface area contributed by atoms with Crippen LogP contribution in [0.3, 0.4) is 0 Å². The number of hydrogen-bond acceptors (Lipinski definition) is 0. The van der Waals surface area contributed by atoms with Gasteiger partial charge in [-0.2, -0.15) is 0 Å². The van der Waals surface area contributed by atoms with Gasteiger partial charge in [0.25, 0.3) is 0 Å². The zero-order valence-electron chi connectivity index (χ0n) is 10.6. The third kappa shape index (κ3) is 2.40. The average molecular weight is 259 g/mol. The van der Waals surface area contributed by atoms with E-state index in [1.807, 2.05) is 0 Å². The van der Waals surface area contributed by atoms with Crippen molar-refractivity contribution in [1.82, 2.24) is 0 Å². The number of halogens is 1. The topological polar surface area (TPSA) is 0 Å². The molecule has 1 heteroatoms. The molecule has 18 heavy (non-hydrogen) atoms. The van der Waals surface area contributed by atoms with Crippen LogP contribution in [0.2, 0.25) is 0 Å². The average Bonchev–Trinajstić information content (AvgIpc) is 2.93. The van der Waals surface area contributed by atoms with Gasteiger partial charge in [0.1, 0.15) is 0 Å². The summed E-state index contributed by atoms with van der Waals surface area (Å²) in [6.45, 7) is 0. The van der Waals surface area contributed by atoms with Crippen LogP contribution in [0.25, 0.3) is 10.8 Å². The Hall–Kier alpha value is -1.01. The third-order valence-corrected chi connectivity index (χ3v) is 4.72. The molecule has 0 N–H and O–H groups in total. The predicted octanol–water partition coefficient (Wildman–Crippen LogP) is 5.18. The smallest absolute Gasteiger partial charge is 0.0404 e. The predicted molar refractivity (Wildman–Crippen MR) is 79.3 cm³/mol. The van der Waals surface area contributed by atoms with E-state index in [1.54, 1.807) is 0 Å². The molecule has 2 aromatic rings. The van der Waals surface area contributed by atoms with Gasteiger partial charge >= 0.3 is 0 Å². The first-order valence-electron chi connectivity index (χ1n) is 6.95. The van der Waals surface area contributed by atoms with Gasteiger partial charge in [0.15, 0.2) is 0 Å². The maximum atomic E-state index is 6.62. The number of hydrogen-bond donors (Lipinski definition) is 0. The summed E-state index contributed by atoms with van der Waals surface area (Å²) in [5.41, 5.74) is 1.40. The largest absolute Gasteiger partial charge is 0.122 e. The molecule has 2 aromatic carbocycles. The van der Waals surface area contributed by atoms with Gasteiger partial charge in [-0.15, -0.1) is 11.6 Å². The first kappa shape index (κ1) is 12.0. The fraction of sp³-hybridized carbons (Fsp3) is 0.412. The Morgan fingerprint density at radius 1 is 1.00 bits per heavy atom. The number of fused-ring (bicyclic) bond motifs is 1. The molecule has 0 spiro atoms. The lowest BCUT2D eigenvalue weighted by molar-refractivity contribution is 0.513. The van der Waals surface area contributed by atoms with Crippen LogP contribution in [0, 0.1) is 5.92 Å². The van der Waals surface area contributed by atoms with Gasteiger partial charge in [0.2, 0.25) is 0 Å². The fourth-order valence-electron chi connectivity index (χ4n) is 3.17. The summed E-state index contributed by atoms with van der Waals surface area (Å²) in [5.74, 6) is 0.727. The summed E-state index contributed by atoms with van der Waals surface area (Å²) in [6.07, 6.45) is 6.37. The van der Waals surface area contributed by atoms with Gasteiger partial charge in [0, 0.05) is 5.38 Å². The molecule has 1 fully saturated rings. The van der Waals surface area contributed by atoms with Gasteiger partial charge in [-0.25, -0.2) is 0 Å². The van der Waals surface area contributed by atoms with Crippen LogP contribution in [0.4, 0.5) is 0 Å². The van der Waals surface area contributed by atoms with Crippen LogP contribution in [0.1, 0.15) is 31.2 Å². The highest BCUT2D eigenvalue weighted by molar-refractivity contribution is 6.21. The molecule has 3 rings (SSSR count). The second-order valence-corrected chi connectivity index (χ2v) is 5.96. The van der Waals surface area contributed by atoms with Crippen LogP contribution in [0.15, 0.2) is 42.5 Å². The molecule has 0 aliphatic heterocycles. The second-order valence-electron chi connectivity index (χ2n) is 5.40. The molecule has 0 radical (unpaired) electrons. The number of rotatable bonds is 3. The minimum atomic E-state index is 0.304. The molecule has 0 aromatic heterocycles. The SMILES string of the molecule is ClC(Cc1cccc2ccccc12)C1CCCC1. The monoisotopic (exact) mass is 258 g/mol. The van der Waals surface area contributed by atoms with E-state index in [0.717, 1.165) is 12.3 Å². The number of alkyl halides is 1. The number of benzene rings is 2. The summed E-state index contributed by atoms with van der Waals surface area (Å²) in [4.78, 5) is 0. The summed E-state index contributed by atoms with van der Waals surface area (Å²) >= 11 is 6.62. The zero-order chi connectivity index (χ0) is 12.4. The minimum Gasteiger partial charge on any atom is -0.122 e. The third-order valence-electron chi connectivity index (χ3n) is 4.21. The molecule has 1 atom stereocenters. The minimum absolute atomic E-state index is 0.304. The lowest BCUT2D eigenvalue weighted by Crippen LogP contribution is -2.14. The molecule has 1 saturated carbocycles. The quantitative estimate of drug-likeness (QED) is 0.666. The zero-order valence-corrected chi connectivity index (χ0v) is 11.4. The summed E-state index contributed by atoms with van der Waals surface area (Å²) in [5, 5.41) is 2.99. The van der Waals surface area contributed by atoms with Crippen LogP contribution >= 0.6 is 11.6 Å². The van der Waals surface area contributed by atoms with Crippen molar-refractivity contribution in [2.75, 3.05) is 0 Å². The molecule has 0 nitrogen and oxygen atoms in total. The van der Waals surface area contributed by atoms with Crippen LogP contribution < -0.4 is 0 Å². The van der Waals surface area contributed by atoms with Gasteiger partial charge in [-0.05, 0) is 41.5 Å². The molecule has 1 unspecified atom stereocenters. The highest BCUT2D eigenvalue weighted by Gasteiger charge is 2.23. The van der Waals surface area contributed by atoms with Crippen molar-refractivity contribution < 1.29 is 0 Å². The Bertz CT molecular complexity index is 521. The van der Waals surface area contributed by atoms with Gasteiger partial charge in [-0.3, -0.25) is 0 Å². The molecular formula is C17H19Cl. The van der Waals surface area contributed by atoms with E-state index in [2.05, 4.69) is 42.5 Å². The van der Waals surface area contributed by atoms with Crippen molar-refractivity contribution >= 4 is 22.4 Å². The Labute approximate surface area is 114 Å². The van der Waals surface area contributed by atoms with Gasteiger partial charge < -0.3 is 0 Å². The second kappa shape index (κ2) is 5.32. The standard InChI is InChI=1S/C17H19Cl/c18-17(14-7-1-2-8-14)12-15-10-5-9-13-6-3-4-11-16(13)15/h3-6,9-11,14,17H,1-2,7-8,12H2. The van der Waals surface area contributed by atoms with E-state index in [0.29, 0.717) is 5.38 Å². The highest BCUT2D eigenvalue weighted by Crippen LogP contribution is 2.33. The van der Waals surface area contributed by atoms with Gasteiger partial charge in [0.05, 0.1) is 0 Å². The van der Waals surface area contributed by atoms with E-state index >= 15 is 0 Å². The molecule has 1 aliphatic rings. The molecule has 0 amide bonds. The van der Waals surface area contributed by atoms with E-state index in [1.165, 1.54) is 42.0 Å². The van der Waals surface area contributed by atoms with E-state index < -0.39 is 0 Å². The van der Waals surface area contributed by atoms with E-state index in [9.17, 15) is 0 Å². The molecule has 0 saturated heterocycles. The maximum absolute atomic E-state index is 6.62. The Morgan fingerprint density at radius 3 is 2.56 bits per heavy atom.